The van der Waals surface area contributed by atoms with Crippen LogP contribution in [-0.4, -0.2) is 0 Å². The van der Waals surface area contributed by atoms with Gasteiger partial charge in [-0.05, 0) is 28.3 Å². The number of hydrogen-bond donors (Lipinski definition) is 1. The van der Waals surface area contributed by atoms with E-state index in [2.05, 4.69) is 5.18 Å². The van der Waals surface area contributed by atoms with E-state index in [4.69, 9.17) is 17.3 Å². The van der Waals surface area contributed by atoms with E-state index in [1.165, 1.54) is 0 Å². The third-order valence-electron chi connectivity index (χ3n) is 2.07. The smallest absolute Gasteiger partial charge is 0.132 e. The first-order chi connectivity index (χ1) is 6.36. The maximum atomic E-state index is 10.5. The Morgan fingerprint density at radius 3 is 2.36 bits per heavy atom. The van der Waals surface area contributed by atoms with E-state index >= 15 is 0 Å². The number of benzene rings is 1. The fourth-order valence-electron chi connectivity index (χ4n) is 1.11. The summed E-state index contributed by atoms with van der Waals surface area (Å²) >= 11 is 5.88. The summed E-state index contributed by atoms with van der Waals surface area (Å²) in [5.41, 5.74) is 6.91. The average Bonchev–Trinajstić information content (AvgIpc) is 2.07. The molecule has 0 aromatic heterocycles. The molecule has 4 heteroatoms. The fourth-order valence-corrected chi connectivity index (χ4v) is 1.33. The summed E-state index contributed by atoms with van der Waals surface area (Å²) in [6.45, 7) is 6.09. The number of hydrogen-bond acceptors (Lipinski definition) is 3. The van der Waals surface area contributed by atoms with Gasteiger partial charge in [-0.1, -0.05) is 32.4 Å². The quantitative estimate of drug-likeness (QED) is 0.571. The lowest BCUT2D eigenvalue weighted by Gasteiger charge is -2.20. The molecule has 1 aromatic carbocycles. The molecule has 14 heavy (non-hydrogen) atoms. The van der Waals surface area contributed by atoms with Gasteiger partial charge in [-0.3, -0.25) is 0 Å². The van der Waals surface area contributed by atoms with E-state index in [-0.39, 0.29) is 16.8 Å². The molecule has 0 aliphatic carbocycles. The van der Waals surface area contributed by atoms with Crippen LogP contribution in [-0.2, 0) is 5.41 Å². The molecule has 2 N–H and O–H groups in total. The van der Waals surface area contributed by atoms with Crippen LogP contribution in [0.5, 0.6) is 0 Å². The Morgan fingerprint density at radius 1 is 1.36 bits per heavy atom. The molecule has 0 amide bonds. The number of nitroso groups, excluding NO2 is 1. The lowest BCUT2D eigenvalue weighted by molar-refractivity contribution is 0.590. The lowest BCUT2D eigenvalue weighted by atomic mass is 9.86. The lowest BCUT2D eigenvalue weighted by Crippen LogP contribution is -2.11. The standard InChI is InChI=1S/C10H13ClN2O/c1-10(2,3)6-4-7(11)9(12)8(5-6)13-14/h4-5H,12H2,1-3H3. The molecule has 0 saturated heterocycles. The molecule has 0 fully saturated rings. The Bertz CT molecular complexity index is 369. The summed E-state index contributed by atoms with van der Waals surface area (Å²) < 4.78 is 0. The normalized spacial score (nSPS) is 11.4. The Labute approximate surface area is 88.2 Å². The zero-order valence-corrected chi connectivity index (χ0v) is 9.22. The highest BCUT2D eigenvalue weighted by atomic mass is 35.5. The maximum absolute atomic E-state index is 10.5. The van der Waals surface area contributed by atoms with Gasteiger partial charge in [-0.2, -0.15) is 0 Å². The second-order valence-corrected chi connectivity index (χ2v) is 4.64. The predicted molar refractivity (Wildman–Crippen MR) is 60.0 cm³/mol. The van der Waals surface area contributed by atoms with Gasteiger partial charge in [0.25, 0.3) is 0 Å². The van der Waals surface area contributed by atoms with E-state index in [0.29, 0.717) is 5.02 Å². The molecule has 0 spiro atoms. The first-order valence-electron chi connectivity index (χ1n) is 4.29. The van der Waals surface area contributed by atoms with Gasteiger partial charge in [-0.15, -0.1) is 4.91 Å². The third kappa shape index (κ3) is 2.04. The van der Waals surface area contributed by atoms with Gasteiger partial charge in [0.1, 0.15) is 5.69 Å². The summed E-state index contributed by atoms with van der Waals surface area (Å²) in [6, 6.07) is 3.44. The molecule has 0 heterocycles. The molecule has 1 rings (SSSR count). The van der Waals surface area contributed by atoms with E-state index in [0.717, 1.165) is 5.56 Å². The first kappa shape index (κ1) is 11.0. The highest BCUT2D eigenvalue weighted by Crippen LogP contribution is 2.35. The van der Waals surface area contributed by atoms with E-state index in [9.17, 15) is 4.91 Å². The Balaban J connectivity index is 3.37. The van der Waals surface area contributed by atoms with E-state index < -0.39 is 0 Å². The molecule has 76 valence electrons. The van der Waals surface area contributed by atoms with Gasteiger partial charge in [0, 0.05) is 0 Å². The molecule has 0 unspecified atom stereocenters. The van der Waals surface area contributed by atoms with Crippen LogP contribution < -0.4 is 5.73 Å². The second kappa shape index (κ2) is 3.58. The first-order valence-corrected chi connectivity index (χ1v) is 4.67. The van der Waals surface area contributed by atoms with Crippen LogP contribution in [0.1, 0.15) is 26.3 Å². The zero-order chi connectivity index (χ0) is 10.9. The molecular weight excluding hydrogens is 200 g/mol. The fraction of sp³-hybridized carbons (Fsp3) is 0.400. The van der Waals surface area contributed by atoms with Gasteiger partial charge < -0.3 is 5.73 Å². The molecule has 0 aliphatic rings. The Hall–Kier alpha value is -1.09. The summed E-state index contributed by atoms with van der Waals surface area (Å²) in [7, 11) is 0. The minimum absolute atomic E-state index is 0.0726. The van der Waals surface area contributed by atoms with Crippen molar-refractivity contribution in [3.8, 4) is 0 Å². The number of anilines is 1. The number of nitrogens with zero attached hydrogens (tertiary/aromatic N) is 1. The summed E-state index contributed by atoms with van der Waals surface area (Å²) in [6.07, 6.45) is 0. The monoisotopic (exact) mass is 212 g/mol. The van der Waals surface area contributed by atoms with Gasteiger partial charge in [0.05, 0.1) is 10.7 Å². The van der Waals surface area contributed by atoms with Crippen LogP contribution >= 0.6 is 11.6 Å². The molecule has 0 bridgehead atoms. The van der Waals surface area contributed by atoms with Gasteiger partial charge in [-0.25, -0.2) is 0 Å². The molecule has 1 aromatic rings. The van der Waals surface area contributed by atoms with Crippen molar-refractivity contribution < 1.29 is 0 Å². The molecule has 0 radical (unpaired) electrons. The van der Waals surface area contributed by atoms with Crippen LogP contribution in [0, 0.1) is 4.91 Å². The summed E-state index contributed by atoms with van der Waals surface area (Å²) in [5, 5.41) is 3.23. The van der Waals surface area contributed by atoms with Crippen LogP contribution in [0.15, 0.2) is 17.3 Å². The number of halogens is 1. The van der Waals surface area contributed by atoms with E-state index in [1.807, 2.05) is 20.8 Å². The van der Waals surface area contributed by atoms with Crippen molar-refractivity contribution >= 4 is 23.0 Å². The maximum Gasteiger partial charge on any atom is 0.132 e. The van der Waals surface area contributed by atoms with Gasteiger partial charge in [0.2, 0.25) is 0 Å². The van der Waals surface area contributed by atoms with Crippen LogP contribution in [0.4, 0.5) is 11.4 Å². The van der Waals surface area contributed by atoms with Crippen molar-refractivity contribution in [2.45, 2.75) is 26.2 Å². The second-order valence-electron chi connectivity index (χ2n) is 4.23. The SMILES string of the molecule is CC(C)(C)c1cc(Cl)c(N)c(N=O)c1. The molecular formula is C10H13ClN2O. The van der Waals surface area contributed by atoms with Crippen molar-refractivity contribution in [2.75, 3.05) is 5.73 Å². The zero-order valence-electron chi connectivity index (χ0n) is 8.47. The third-order valence-corrected chi connectivity index (χ3v) is 2.38. The van der Waals surface area contributed by atoms with E-state index in [1.54, 1.807) is 12.1 Å². The van der Waals surface area contributed by atoms with Crippen molar-refractivity contribution in [3.05, 3.63) is 27.6 Å². The Morgan fingerprint density at radius 2 is 1.93 bits per heavy atom. The van der Waals surface area contributed by atoms with Crippen molar-refractivity contribution in [1.29, 1.82) is 0 Å². The number of rotatable bonds is 1. The van der Waals surface area contributed by atoms with Gasteiger partial charge >= 0.3 is 0 Å². The largest absolute Gasteiger partial charge is 0.396 e. The predicted octanol–water partition coefficient (Wildman–Crippen LogP) is 3.62. The van der Waals surface area contributed by atoms with Gasteiger partial charge in [0.15, 0.2) is 0 Å². The molecule has 0 saturated carbocycles. The van der Waals surface area contributed by atoms with Crippen molar-refractivity contribution in [1.82, 2.24) is 0 Å². The molecule has 0 aliphatic heterocycles. The number of nitrogens with two attached hydrogens (primary N) is 1. The van der Waals surface area contributed by atoms with Crippen molar-refractivity contribution in [2.24, 2.45) is 5.18 Å². The Kier molecular flexibility index (Phi) is 2.81. The van der Waals surface area contributed by atoms with Crippen LogP contribution in [0.2, 0.25) is 5.02 Å². The molecule has 3 nitrogen and oxygen atoms in total. The minimum atomic E-state index is -0.0726. The van der Waals surface area contributed by atoms with Crippen LogP contribution in [0.3, 0.4) is 0 Å². The highest BCUT2D eigenvalue weighted by molar-refractivity contribution is 6.33. The number of nitrogen functional groups attached to an aromatic ring is 1. The average molecular weight is 213 g/mol. The minimum Gasteiger partial charge on any atom is -0.396 e. The summed E-state index contributed by atoms with van der Waals surface area (Å²) in [4.78, 5) is 10.5. The van der Waals surface area contributed by atoms with Crippen LogP contribution in [0.25, 0.3) is 0 Å². The molecule has 0 atom stereocenters. The highest BCUT2D eigenvalue weighted by Gasteiger charge is 2.17. The van der Waals surface area contributed by atoms with Crippen molar-refractivity contribution in [3.63, 3.8) is 0 Å². The topological polar surface area (TPSA) is 55.4 Å². The summed E-state index contributed by atoms with van der Waals surface area (Å²) in [5.74, 6) is 0.